The monoisotopic (exact) mass is 420 g/mol. The Morgan fingerprint density at radius 2 is 1.92 bits per heavy atom. The van der Waals surface area contributed by atoms with E-state index in [1.54, 1.807) is 43.0 Å². The van der Waals surface area contributed by atoms with Crippen molar-refractivity contribution in [3.05, 3.63) is 59.7 Å². The van der Waals surface area contributed by atoms with Gasteiger partial charge in [-0.15, -0.1) is 0 Å². The number of methoxy groups -OCH3 is 1. The van der Waals surface area contributed by atoms with Crippen molar-refractivity contribution in [1.29, 1.82) is 0 Å². The van der Waals surface area contributed by atoms with Gasteiger partial charge in [0.2, 0.25) is 0 Å². The second kappa shape index (κ2) is 7.16. The number of benzene rings is 1. The molecule has 9 heteroatoms. The largest absolute Gasteiger partial charge is 0.495 e. The van der Waals surface area contributed by atoms with Gasteiger partial charge in [0.05, 0.1) is 30.9 Å². The fourth-order valence-corrected chi connectivity index (χ4v) is 3.90. The van der Waals surface area contributed by atoms with E-state index >= 15 is 0 Å². The Labute approximate surface area is 153 Å². The summed E-state index contributed by atoms with van der Waals surface area (Å²) in [7, 11) is -2.44. The number of hydrogen-bond donors (Lipinski definition) is 1. The van der Waals surface area contributed by atoms with Gasteiger partial charge in [-0.3, -0.25) is 19.7 Å². The van der Waals surface area contributed by atoms with Crippen molar-refractivity contribution in [3.63, 3.8) is 0 Å². The van der Waals surface area contributed by atoms with Crippen LogP contribution in [0.3, 0.4) is 0 Å². The number of nitrogens with one attached hydrogen (secondary N) is 1. The van der Waals surface area contributed by atoms with Crippen LogP contribution in [0.5, 0.6) is 5.75 Å². The highest BCUT2D eigenvalue weighted by atomic mass is 79.9. The molecule has 1 aromatic carbocycles. The molecule has 25 heavy (non-hydrogen) atoms. The van der Waals surface area contributed by atoms with Gasteiger partial charge in [-0.05, 0) is 24.3 Å². The smallest absolute Gasteiger partial charge is 0.265 e. The van der Waals surface area contributed by atoms with Crippen molar-refractivity contribution in [2.45, 2.75) is 4.90 Å². The van der Waals surface area contributed by atoms with Gasteiger partial charge in [0.15, 0.2) is 0 Å². The Hall–Kier alpha value is -2.52. The number of sulfonamides is 1. The molecule has 0 aliphatic rings. The van der Waals surface area contributed by atoms with E-state index in [9.17, 15) is 8.42 Å². The molecule has 1 N–H and O–H groups in total. The summed E-state index contributed by atoms with van der Waals surface area (Å²) in [5.74, 6) is 0.244. The molecule has 3 aromatic rings. The van der Waals surface area contributed by atoms with Gasteiger partial charge >= 0.3 is 0 Å². The zero-order valence-electron chi connectivity index (χ0n) is 13.0. The van der Waals surface area contributed by atoms with Crippen LogP contribution in [0.4, 0.5) is 5.69 Å². The molecular weight excluding hydrogens is 408 g/mol. The highest BCUT2D eigenvalue weighted by Gasteiger charge is 2.20. The van der Waals surface area contributed by atoms with E-state index in [-0.39, 0.29) is 10.6 Å². The van der Waals surface area contributed by atoms with E-state index in [1.807, 2.05) is 0 Å². The minimum Gasteiger partial charge on any atom is -0.495 e. The highest BCUT2D eigenvalue weighted by Crippen LogP contribution is 2.29. The van der Waals surface area contributed by atoms with Crippen molar-refractivity contribution < 1.29 is 13.2 Å². The summed E-state index contributed by atoms with van der Waals surface area (Å²) in [5, 5.41) is 0. The molecule has 0 spiro atoms. The summed E-state index contributed by atoms with van der Waals surface area (Å²) in [6.45, 7) is 0. The van der Waals surface area contributed by atoms with Gasteiger partial charge in [-0.2, -0.15) is 0 Å². The summed E-state index contributed by atoms with van der Waals surface area (Å²) >= 11 is 3.27. The molecule has 0 bridgehead atoms. The Morgan fingerprint density at radius 1 is 1.08 bits per heavy atom. The molecule has 0 radical (unpaired) electrons. The number of nitrogens with zero attached hydrogens (tertiary/aromatic N) is 3. The SMILES string of the molecule is COc1ccc(Br)cc1S(=O)(=O)Nc1cncc(-c2cnccn2)c1. The van der Waals surface area contributed by atoms with Gasteiger partial charge in [0.1, 0.15) is 10.6 Å². The lowest BCUT2D eigenvalue weighted by molar-refractivity contribution is 0.403. The molecule has 0 fully saturated rings. The van der Waals surface area contributed by atoms with Crippen LogP contribution in [0.15, 0.2) is 64.6 Å². The van der Waals surface area contributed by atoms with Crippen LogP contribution in [0.1, 0.15) is 0 Å². The highest BCUT2D eigenvalue weighted by molar-refractivity contribution is 9.10. The van der Waals surface area contributed by atoms with Crippen LogP contribution < -0.4 is 9.46 Å². The normalized spacial score (nSPS) is 11.1. The van der Waals surface area contributed by atoms with Crippen LogP contribution in [0.25, 0.3) is 11.3 Å². The summed E-state index contributed by atoms with van der Waals surface area (Å²) in [6, 6.07) is 6.39. The lowest BCUT2D eigenvalue weighted by Crippen LogP contribution is -2.14. The number of anilines is 1. The van der Waals surface area contributed by atoms with Crippen molar-refractivity contribution in [3.8, 4) is 17.0 Å². The fourth-order valence-electron chi connectivity index (χ4n) is 2.15. The van der Waals surface area contributed by atoms with Crippen LogP contribution in [-0.4, -0.2) is 30.5 Å². The standard InChI is InChI=1S/C16H13BrN4O3S/c1-24-15-3-2-12(17)7-16(15)25(22,23)21-13-6-11(8-19-9-13)14-10-18-4-5-20-14/h2-10,21H,1H3. The molecule has 128 valence electrons. The third-order valence-corrected chi connectivity index (χ3v) is 5.16. The van der Waals surface area contributed by atoms with E-state index in [1.165, 1.54) is 19.4 Å². The molecule has 0 atom stereocenters. The van der Waals surface area contributed by atoms with E-state index in [4.69, 9.17) is 4.74 Å². The summed E-state index contributed by atoms with van der Waals surface area (Å²) in [5.41, 5.74) is 1.55. The fraction of sp³-hybridized carbons (Fsp3) is 0.0625. The average Bonchev–Trinajstić information content (AvgIpc) is 2.62. The van der Waals surface area contributed by atoms with Crippen LogP contribution in [0, 0.1) is 0 Å². The quantitative estimate of drug-likeness (QED) is 0.681. The van der Waals surface area contributed by atoms with Crippen molar-refractivity contribution >= 4 is 31.6 Å². The molecule has 0 unspecified atom stereocenters. The minimum atomic E-state index is -3.86. The topological polar surface area (TPSA) is 94.1 Å². The second-order valence-corrected chi connectivity index (χ2v) is 7.52. The molecule has 0 aliphatic carbocycles. The van der Waals surface area contributed by atoms with E-state index in [0.29, 0.717) is 21.4 Å². The third kappa shape index (κ3) is 3.94. The second-order valence-electron chi connectivity index (χ2n) is 4.95. The molecule has 0 saturated carbocycles. The zero-order valence-corrected chi connectivity index (χ0v) is 15.5. The summed E-state index contributed by atoms with van der Waals surface area (Å²) in [6.07, 6.45) is 7.69. The zero-order chi connectivity index (χ0) is 17.9. The van der Waals surface area contributed by atoms with Gasteiger partial charge in [-0.1, -0.05) is 15.9 Å². The van der Waals surface area contributed by atoms with Crippen molar-refractivity contribution in [2.24, 2.45) is 0 Å². The molecule has 0 saturated heterocycles. The van der Waals surface area contributed by atoms with Gasteiger partial charge in [0, 0.05) is 28.6 Å². The van der Waals surface area contributed by atoms with Gasteiger partial charge < -0.3 is 4.74 Å². The Morgan fingerprint density at radius 3 is 2.64 bits per heavy atom. The first-order valence-corrected chi connectivity index (χ1v) is 9.35. The first-order valence-electron chi connectivity index (χ1n) is 7.07. The first kappa shape index (κ1) is 17.3. The van der Waals surface area contributed by atoms with Gasteiger partial charge in [0.25, 0.3) is 10.0 Å². The van der Waals surface area contributed by atoms with Crippen LogP contribution >= 0.6 is 15.9 Å². The third-order valence-electron chi connectivity index (χ3n) is 3.26. The predicted octanol–water partition coefficient (Wildman–Crippen LogP) is 3.11. The van der Waals surface area contributed by atoms with Crippen molar-refractivity contribution in [2.75, 3.05) is 11.8 Å². The molecule has 0 aliphatic heterocycles. The molecule has 0 amide bonds. The van der Waals surface area contributed by atoms with E-state index < -0.39 is 10.0 Å². The lowest BCUT2D eigenvalue weighted by atomic mass is 10.2. The molecule has 3 rings (SSSR count). The minimum absolute atomic E-state index is 0.0225. The number of aromatic nitrogens is 3. The number of halogens is 1. The predicted molar refractivity (Wildman–Crippen MR) is 96.8 cm³/mol. The van der Waals surface area contributed by atoms with E-state index in [0.717, 1.165) is 0 Å². The Balaban J connectivity index is 1.96. The van der Waals surface area contributed by atoms with Crippen LogP contribution in [0.2, 0.25) is 0 Å². The van der Waals surface area contributed by atoms with E-state index in [2.05, 4.69) is 35.6 Å². The maximum atomic E-state index is 12.7. The molecule has 2 heterocycles. The summed E-state index contributed by atoms with van der Waals surface area (Å²) < 4.78 is 33.7. The average molecular weight is 421 g/mol. The number of hydrogen-bond acceptors (Lipinski definition) is 6. The lowest BCUT2D eigenvalue weighted by Gasteiger charge is -2.12. The molecule has 7 nitrogen and oxygen atoms in total. The van der Waals surface area contributed by atoms with Crippen LogP contribution in [-0.2, 0) is 10.0 Å². The van der Waals surface area contributed by atoms with Crippen molar-refractivity contribution in [1.82, 2.24) is 15.0 Å². The number of ether oxygens (including phenoxy) is 1. The number of pyridine rings is 1. The van der Waals surface area contributed by atoms with Gasteiger partial charge in [-0.25, -0.2) is 8.42 Å². The number of rotatable bonds is 5. The molecular formula is C16H13BrN4O3S. The first-order chi connectivity index (χ1) is 12.0. The maximum Gasteiger partial charge on any atom is 0.265 e. The summed E-state index contributed by atoms with van der Waals surface area (Å²) in [4.78, 5) is 12.3. The Bertz CT molecular complexity index is 997. The maximum absolute atomic E-state index is 12.7. The molecule has 2 aromatic heterocycles. The Kier molecular flexibility index (Phi) is 4.95.